The Morgan fingerprint density at radius 3 is 2.09 bits per heavy atom. The summed E-state index contributed by atoms with van der Waals surface area (Å²) in [5.41, 5.74) is 6.52. The summed E-state index contributed by atoms with van der Waals surface area (Å²) in [7, 11) is 0. The second-order valence-electron chi connectivity index (χ2n) is 7.11. The fraction of sp³-hybridized carbons (Fsp3) is 0.588. The highest BCUT2D eigenvalue weighted by Gasteiger charge is 2.23. The van der Waals surface area contributed by atoms with Crippen LogP contribution in [0.5, 0.6) is 5.75 Å². The Bertz CT molecular complexity index is 478. The first kappa shape index (κ1) is 20.7. The molecule has 1 unspecified atom stereocenters. The van der Waals surface area contributed by atoms with Gasteiger partial charge < -0.3 is 15.8 Å². The van der Waals surface area contributed by atoms with Gasteiger partial charge >= 0.3 is 0 Å². The summed E-state index contributed by atoms with van der Waals surface area (Å²) in [6.07, 6.45) is -0.559. The van der Waals surface area contributed by atoms with E-state index in [-0.39, 0.29) is 23.7 Å². The van der Waals surface area contributed by atoms with Crippen molar-refractivity contribution in [2.45, 2.75) is 58.6 Å². The number of nitrogens with two attached hydrogens (primary N) is 1. The van der Waals surface area contributed by atoms with Gasteiger partial charge in [0.2, 0.25) is 0 Å². The first-order valence-electron chi connectivity index (χ1n) is 7.34. The molecule has 22 heavy (non-hydrogen) atoms. The molecule has 4 nitrogen and oxygen atoms in total. The molecule has 0 saturated heterocycles. The van der Waals surface area contributed by atoms with Crippen molar-refractivity contribution in [2.24, 2.45) is 5.73 Å². The minimum atomic E-state index is -0.559. The number of hydrogen-bond acceptors (Lipinski definition) is 3. The fourth-order valence-corrected chi connectivity index (χ4v) is 1.78. The molecule has 0 aliphatic carbocycles. The zero-order valence-corrected chi connectivity index (χ0v) is 15.2. The largest absolute Gasteiger partial charge is 0.481 e. The van der Waals surface area contributed by atoms with Crippen LogP contribution in [0.2, 0.25) is 0 Å². The summed E-state index contributed by atoms with van der Waals surface area (Å²) in [5.74, 6) is 0.529. The Morgan fingerprint density at radius 2 is 1.68 bits per heavy atom. The molecule has 0 aliphatic heterocycles. The molecule has 0 bridgehead atoms. The van der Waals surface area contributed by atoms with Crippen molar-refractivity contribution in [3.8, 4) is 5.75 Å². The number of carbonyl (C=O) groups is 1. The highest BCUT2D eigenvalue weighted by molar-refractivity contribution is 5.85. The van der Waals surface area contributed by atoms with Crippen LogP contribution >= 0.6 is 12.4 Å². The minimum absolute atomic E-state index is 0. The van der Waals surface area contributed by atoms with Gasteiger partial charge in [0.15, 0.2) is 6.10 Å². The second kappa shape index (κ2) is 7.84. The van der Waals surface area contributed by atoms with Gasteiger partial charge in [-0.1, -0.05) is 32.9 Å². The number of carbonyl (C=O) groups excluding carboxylic acids is 1. The van der Waals surface area contributed by atoms with Gasteiger partial charge in [-0.3, -0.25) is 4.79 Å². The van der Waals surface area contributed by atoms with Gasteiger partial charge in [-0.25, -0.2) is 0 Å². The molecule has 3 N–H and O–H groups in total. The van der Waals surface area contributed by atoms with Gasteiger partial charge in [0.05, 0.1) is 0 Å². The van der Waals surface area contributed by atoms with E-state index < -0.39 is 11.6 Å². The van der Waals surface area contributed by atoms with Crippen molar-refractivity contribution in [3.05, 3.63) is 29.8 Å². The van der Waals surface area contributed by atoms with E-state index in [0.29, 0.717) is 12.3 Å². The molecule has 1 aromatic rings. The maximum atomic E-state index is 12.1. The zero-order valence-electron chi connectivity index (χ0n) is 14.4. The third-order valence-corrected chi connectivity index (χ3v) is 3.37. The van der Waals surface area contributed by atoms with Crippen LogP contribution in [-0.4, -0.2) is 24.1 Å². The fourth-order valence-electron chi connectivity index (χ4n) is 1.78. The zero-order chi connectivity index (χ0) is 16.3. The molecule has 1 atom stereocenters. The number of hydrogen-bond donors (Lipinski definition) is 2. The van der Waals surface area contributed by atoms with E-state index in [2.05, 4.69) is 26.1 Å². The van der Waals surface area contributed by atoms with E-state index in [1.54, 1.807) is 6.92 Å². The summed E-state index contributed by atoms with van der Waals surface area (Å²) in [5, 5.41) is 2.87. The Labute approximate surface area is 140 Å². The van der Waals surface area contributed by atoms with Crippen LogP contribution in [0.3, 0.4) is 0 Å². The highest BCUT2D eigenvalue weighted by Crippen LogP contribution is 2.24. The molecule has 1 amide bonds. The first-order chi connectivity index (χ1) is 9.55. The summed E-state index contributed by atoms with van der Waals surface area (Å²) in [6, 6.07) is 7.87. The smallest absolute Gasteiger partial charge is 0.261 e. The standard InChI is InChI=1S/C17H28N2O2.ClH/c1-12(15(20)19-17(5,6)11-18)21-14-9-7-13(8-10-14)16(2,3)4;/h7-10,12H,11,18H2,1-6H3,(H,19,20);1H. The molecule has 126 valence electrons. The minimum Gasteiger partial charge on any atom is -0.481 e. The maximum absolute atomic E-state index is 12.1. The number of rotatable bonds is 5. The van der Waals surface area contributed by atoms with Crippen molar-refractivity contribution >= 4 is 18.3 Å². The molecule has 0 fully saturated rings. The summed E-state index contributed by atoms with van der Waals surface area (Å²) in [4.78, 5) is 12.1. The van der Waals surface area contributed by atoms with Gasteiger partial charge in [0.25, 0.3) is 5.91 Å². The average Bonchev–Trinajstić information content (AvgIpc) is 2.37. The predicted octanol–water partition coefficient (Wildman–Crippen LogP) is 3.03. The lowest BCUT2D eigenvalue weighted by Gasteiger charge is -2.26. The van der Waals surface area contributed by atoms with Crippen molar-refractivity contribution in [1.82, 2.24) is 5.32 Å². The summed E-state index contributed by atoms with van der Waals surface area (Å²) in [6.45, 7) is 12.4. The van der Waals surface area contributed by atoms with Crippen LogP contribution in [0.15, 0.2) is 24.3 Å². The SMILES string of the molecule is CC(Oc1ccc(C(C)(C)C)cc1)C(=O)NC(C)(C)CN.Cl. The summed E-state index contributed by atoms with van der Waals surface area (Å²) < 4.78 is 5.68. The monoisotopic (exact) mass is 328 g/mol. The van der Waals surface area contributed by atoms with Crippen LogP contribution in [0, 0.1) is 0 Å². The molecule has 0 aliphatic rings. The molecule has 0 radical (unpaired) electrons. The lowest BCUT2D eigenvalue weighted by Crippen LogP contribution is -2.52. The molecule has 1 aromatic carbocycles. The molecule has 0 saturated carbocycles. The normalized spacial score (nSPS) is 13.0. The third-order valence-electron chi connectivity index (χ3n) is 3.37. The number of ether oxygens (including phenoxy) is 1. The van der Waals surface area contributed by atoms with Crippen molar-refractivity contribution < 1.29 is 9.53 Å². The average molecular weight is 329 g/mol. The molecule has 0 spiro atoms. The van der Waals surface area contributed by atoms with Crippen molar-refractivity contribution in [1.29, 1.82) is 0 Å². The lowest BCUT2D eigenvalue weighted by atomic mass is 9.87. The molecule has 1 rings (SSSR count). The van der Waals surface area contributed by atoms with E-state index >= 15 is 0 Å². The molecule has 0 heterocycles. The Hall–Kier alpha value is -1.26. The van der Waals surface area contributed by atoms with Crippen LogP contribution in [0.1, 0.15) is 47.1 Å². The third kappa shape index (κ3) is 6.24. The number of halogens is 1. The van der Waals surface area contributed by atoms with Gasteiger partial charge in [-0.15, -0.1) is 12.4 Å². The molecule has 0 aromatic heterocycles. The lowest BCUT2D eigenvalue weighted by molar-refractivity contribution is -0.128. The van der Waals surface area contributed by atoms with Crippen LogP contribution in [0.25, 0.3) is 0 Å². The Balaban J connectivity index is 0.00000441. The number of nitrogens with one attached hydrogen (secondary N) is 1. The van der Waals surface area contributed by atoms with Crippen molar-refractivity contribution in [3.63, 3.8) is 0 Å². The van der Waals surface area contributed by atoms with Gasteiger partial charge in [0, 0.05) is 12.1 Å². The Morgan fingerprint density at radius 1 is 1.18 bits per heavy atom. The van der Waals surface area contributed by atoms with E-state index in [9.17, 15) is 4.79 Å². The van der Waals surface area contributed by atoms with Gasteiger partial charge in [-0.2, -0.15) is 0 Å². The second-order valence-corrected chi connectivity index (χ2v) is 7.11. The summed E-state index contributed by atoms with van der Waals surface area (Å²) >= 11 is 0. The molecular weight excluding hydrogens is 300 g/mol. The number of benzene rings is 1. The van der Waals surface area contributed by atoms with E-state index in [1.165, 1.54) is 5.56 Å². The van der Waals surface area contributed by atoms with E-state index in [4.69, 9.17) is 10.5 Å². The topological polar surface area (TPSA) is 64.3 Å². The Kier molecular flexibility index (Phi) is 7.39. The van der Waals surface area contributed by atoms with E-state index in [0.717, 1.165) is 0 Å². The molecular formula is C17H29ClN2O2. The van der Waals surface area contributed by atoms with Crippen LogP contribution in [0.4, 0.5) is 0 Å². The van der Waals surface area contributed by atoms with E-state index in [1.807, 2.05) is 38.1 Å². The maximum Gasteiger partial charge on any atom is 0.261 e. The highest BCUT2D eigenvalue weighted by atomic mass is 35.5. The predicted molar refractivity (Wildman–Crippen MR) is 93.8 cm³/mol. The molecule has 5 heteroatoms. The number of amides is 1. The van der Waals surface area contributed by atoms with Gasteiger partial charge in [-0.05, 0) is 43.9 Å². The van der Waals surface area contributed by atoms with Crippen molar-refractivity contribution in [2.75, 3.05) is 6.54 Å². The van der Waals surface area contributed by atoms with Gasteiger partial charge in [0.1, 0.15) is 5.75 Å². The first-order valence-corrected chi connectivity index (χ1v) is 7.34. The van der Waals surface area contributed by atoms with Crippen LogP contribution in [-0.2, 0) is 10.2 Å². The quantitative estimate of drug-likeness (QED) is 0.873. The van der Waals surface area contributed by atoms with Crippen LogP contribution < -0.4 is 15.8 Å².